The van der Waals surface area contributed by atoms with Crippen LogP contribution in [0.2, 0.25) is 0 Å². The van der Waals surface area contributed by atoms with E-state index < -0.39 is 0 Å². The fourth-order valence-corrected chi connectivity index (χ4v) is 3.38. The Balaban J connectivity index is 2.10. The molecule has 0 saturated heterocycles. The minimum atomic E-state index is -0.00795. The fourth-order valence-electron chi connectivity index (χ4n) is 2.82. The molecule has 0 bridgehead atoms. The number of hydrogen-bond acceptors (Lipinski definition) is 3. The lowest BCUT2D eigenvalue weighted by atomic mass is 9.91. The van der Waals surface area contributed by atoms with Crippen molar-refractivity contribution in [1.29, 1.82) is 0 Å². The van der Waals surface area contributed by atoms with Gasteiger partial charge in [0.05, 0.1) is 13.2 Å². The van der Waals surface area contributed by atoms with Gasteiger partial charge in [0.15, 0.2) is 11.5 Å². The topological polar surface area (TPSA) is 44.5 Å². The van der Waals surface area contributed by atoms with Crippen molar-refractivity contribution in [2.75, 3.05) is 13.2 Å². The number of benzene rings is 1. The number of rotatable bonds is 3. The lowest BCUT2D eigenvalue weighted by Gasteiger charge is -2.22. The van der Waals surface area contributed by atoms with E-state index in [1.54, 1.807) is 0 Å². The molecule has 1 aliphatic heterocycles. The van der Waals surface area contributed by atoms with Gasteiger partial charge in [0.25, 0.3) is 0 Å². The average molecular weight is 340 g/mol. The fraction of sp³-hybridized carbons (Fsp3) is 0.625. The molecule has 20 heavy (non-hydrogen) atoms. The van der Waals surface area contributed by atoms with Crippen LogP contribution in [0.4, 0.5) is 0 Å². The van der Waals surface area contributed by atoms with Gasteiger partial charge in [0, 0.05) is 22.0 Å². The van der Waals surface area contributed by atoms with Crippen LogP contribution in [0, 0.1) is 0 Å². The minimum absolute atomic E-state index is 0.00795. The summed E-state index contributed by atoms with van der Waals surface area (Å²) in [7, 11) is 0. The maximum absolute atomic E-state index is 6.33. The first-order valence-electron chi connectivity index (χ1n) is 7.40. The third-order valence-corrected chi connectivity index (χ3v) is 4.84. The van der Waals surface area contributed by atoms with Crippen LogP contribution in [0.3, 0.4) is 0 Å². The molecule has 0 unspecified atom stereocenters. The maximum Gasteiger partial charge on any atom is 0.164 e. The summed E-state index contributed by atoms with van der Waals surface area (Å²) in [6, 6.07) is 2.05. The van der Waals surface area contributed by atoms with E-state index in [4.69, 9.17) is 15.2 Å². The molecule has 3 nitrogen and oxygen atoms in total. The molecule has 3 rings (SSSR count). The molecule has 2 N–H and O–H groups in total. The van der Waals surface area contributed by atoms with Gasteiger partial charge in [-0.3, -0.25) is 0 Å². The average Bonchev–Trinajstić information content (AvgIpc) is 3.13. The molecular formula is C16H22BrNO2. The zero-order valence-corrected chi connectivity index (χ0v) is 13.8. The van der Waals surface area contributed by atoms with Gasteiger partial charge in [-0.1, -0.05) is 29.8 Å². The van der Waals surface area contributed by atoms with Crippen molar-refractivity contribution in [2.45, 2.75) is 51.0 Å². The first-order chi connectivity index (χ1) is 9.50. The summed E-state index contributed by atoms with van der Waals surface area (Å²) in [5, 5.41) is 0. The Morgan fingerprint density at radius 3 is 2.65 bits per heavy atom. The molecule has 0 radical (unpaired) electrons. The monoisotopic (exact) mass is 339 g/mol. The Morgan fingerprint density at radius 2 is 2.00 bits per heavy atom. The van der Waals surface area contributed by atoms with Crippen molar-refractivity contribution < 1.29 is 9.47 Å². The summed E-state index contributed by atoms with van der Waals surface area (Å²) in [4.78, 5) is 0. The van der Waals surface area contributed by atoms with Crippen molar-refractivity contribution in [2.24, 2.45) is 5.73 Å². The summed E-state index contributed by atoms with van der Waals surface area (Å²) in [5.74, 6) is 2.18. The van der Waals surface area contributed by atoms with E-state index in [0.717, 1.165) is 54.9 Å². The third kappa shape index (κ3) is 2.68. The van der Waals surface area contributed by atoms with Crippen LogP contribution in [0.5, 0.6) is 11.5 Å². The second kappa shape index (κ2) is 5.23. The Kier molecular flexibility index (Phi) is 3.71. The van der Waals surface area contributed by atoms with Crippen molar-refractivity contribution in [3.63, 3.8) is 0 Å². The smallest absolute Gasteiger partial charge is 0.164 e. The van der Waals surface area contributed by atoms with Crippen molar-refractivity contribution in [3.8, 4) is 11.5 Å². The second-order valence-corrected chi connectivity index (χ2v) is 7.18. The first-order valence-corrected chi connectivity index (χ1v) is 8.19. The van der Waals surface area contributed by atoms with Gasteiger partial charge in [-0.05, 0) is 36.8 Å². The van der Waals surface area contributed by atoms with Crippen LogP contribution < -0.4 is 15.2 Å². The molecule has 1 aliphatic carbocycles. The highest BCUT2D eigenvalue weighted by Gasteiger charge is 2.40. The largest absolute Gasteiger partial charge is 0.490 e. The van der Waals surface area contributed by atoms with Gasteiger partial charge in [-0.25, -0.2) is 0 Å². The van der Waals surface area contributed by atoms with E-state index in [0.29, 0.717) is 5.92 Å². The molecule has 1 aromatic rings. The maximum atomic E-state index is 6.33. The summed E-state index contributed by atoms with van der Waals surface area (Å²) in [6.07, 6.45) is 4.08. The lowest BCUT2D eigenvalue weighted by molar-refractivity contribution is 0.295. The molecule has 0 spiro atoms. The summed E-state index contributed by atoms with van der Waals surface area (Å²) < 4.78 is 12.9. The molecule has 1 saturated carbocycles. The molecule has 2 aliphatic rings. The number of hydrogen-bond donors (Lipinski definition) is 1. The number of ether oxygens (including phenoxy) is 2. The quantitative estimate of drug-likeness (QED) is 0.911. The first kappa shape index (κ1) is 14.2. The molecule has 1 fully saturated rings. The van der Waals surface area contributed by atoms with Crippen LogP contribution in [-0.2, 0) is 6.42 Å². The zero-order valence-electron chi connectivity index (χ0n) is 12.2. The Labute approximate surface area is 129 Å². The van der Waals surface area contributed by atoms with E-state index >= 15 is 0 Å². The normalized spacial score (nSPS) is 19.9. The van der Waals surface area contributed by atoms with E-state index in [1.807, 2.05) is 6.07 Å². The lowest BCUT2D eigenvalue weighted by Crippen LogP contribution is -2.25. The molecule has 1 aromatic carbocycles. The standard InChI is InChI=1S/C16H22BrNO2/c1-10(2)14-11(9-16(18)4-5-16)12(17)8-13-15(14)20-7-3-6-19-13/h8,10H,3-7,9,18H2,1-2H3. The van der Waals surface area contributed by atoms with Gasteiger partial charge in [0.2, 0.25) is 0 Å². The highest BCUT2D eigenvalue weighted by atomic mass is 79.9. The molecule has 110 valence electrons. The van der Waals surface area contributed by atoms with Crippen LogP contribution in [-0.4, -0.2) is 18.8 Å². The minimum Gasteiger partial charge on any atom is -0.490 e. The van der Waals surface area contributed by atoms with Gasteiger partial charge < -0.3 is 15.2 Å². The Bertz CT molecular complexity index is 524. The van der Waals surface area contributed by atoms with Crippen LogP contribution in [0.1, 0.15) is 50.2 Å². The molecular weight excluding hydrogens is 318 g/mol. The second-order valence-electron chi connectivity index (χ2n) is 6.32. The molecule has 0 amide bonds. The number of fused-ring (bicyclic) bond motifs is 1. The molecule has 1 heterocycles. The summed E-state index contributed by atoms with van der Waals surface area (Å²) >= 11 is 3.71. The van der Waals surface area contributed by atoms with Gasteiger partial charge in [-0.2, -0.15) is 0 Å². The molecule has 4 heteroatoms. The third-order valence-electron chi connectivity index (χ3n) is 4.13. The van der Waals surface area contributed by atoms with E-state index in [9.17, 15) is 0 Å². The molecule has 0 aromatic heterocycles. The van der Waals surface area contributed by atoms with Gasteiger partial charge in [0.1, 0.15) is 0 Å². The predicted octanol–water partition coefficient (Wildman–Crippen LogP) is 3.77. The number of nitrogens with two attached hydrogens (primary N) is 1. The van der Waals surface area contributed by atoms with E-state index in [2.05, 4.69) is 29.8 Å². The predicted molar refractivity (Wildman–Crippen MR) is 83.7 cm³/mol. The SMILES string of the molecule is CC(C)c1c(CC2(N)CC2)c(Br)cc2c1OCCCO2. The highest BCUT2D eigenvalue weighted by molar-refractivity contribution is 9.10. The van der Waals surface area contributed by atoms with Crippen molar-refractivity contribution in [3.05, 3.63) is 21.7 Å². The van der Waals surface area contributed by atoms with Crippen molar-refractivity contribution in [1.82, 2.24) is 0 Å². The van der Waals surface area contributed by atoms with E-state index in [-0.39, 0.29) is 5.54 Å². The van der Waals surface area contributed by atoms with Gasteiger partial charge in [-0.15, -0.1) is 0 Å². The Morgan fingerprint density at radius 1 is 1.30 bits per heavy atom. The van der Waals surface area contributed by atoms with E-state index in [1.165, 1.54) is 11.1 Å². The Hall–Kier alpha value is -0.740. The summed E-state index contributed by atoms with van der Waals surface area (Å²) in [6.45, 7) is 5.85. The zero-order chi connectivity index (χ0) is 14.3. The van der Waals surface area contributed by atoms with Crippen molar-refractivity contribution >= 4 is 15.9 Å². The van der Waals surface area contributed by atoms with Gasteiger partial charge >= 0.3 is 0 Å². The van der Waals surface area contributed by atoms with Crippen LogP contribution in [0.15, 0.2) is 10.5 Å². The van der Waals surface area contributed by atoms with Crippen LogP contribution >= 0.6 is 15.9 Å². The van der Waals surface area contributed by atoms with Crippen LogP contribution in [0.25, 0.3) is 0 Å². The number of halogens is 1. The highest BCUT2D eigenvalue weighted by Crippen LogP contribution is 2.46. The molecule has 0 atom stereocenters. The summed E-state index contributed by atoms with van der Waals surface area (Å²) in [5.41, 5.74) is 8.88.